The number of thiazole rings is 1. The highest BCUT2D eigenvalue weighted by atomic mass is 35.5. The molecule has 5 atom stereocenters. The van der Waals surface area contributed by atoms with Gasteiger partial charge in [0.05, 0.1) is 64.5 Å². The Kier molecular flexibility index (Phi) is 18.2. The van der Waals surface area contributed by atoms with Gasteiger partial charge in [-0.3, -0.25) is 19.3 Å². The summed E-state index contributed by atoms with van der Waals surface area (Å²) >= 11 is 8.53. The van der Waals surface area contributed by atoms with Gasteiger partial charge in [0.2, 0.25) is 17.7 Å². The van der Waals surface area contributed by atoms with Crippen LogP contribution in [0.15, 0.2) is 95.5 Å². The Morgan fingerprint density at radius 2 is 1.76 bits per heavy atom. The highest BCUT2D eigenvalue weighted by molar-refractivity contribution is 7.13. The van der Waals surface area contributed by atoms with E-state index in [0.29, 0.717) is 46.4 Å². The van der Waals surface area contributed by atoms with Gasteiger partial charge in [-0.05, 0) is 89.5 Å². The highest BCUT2D eigenvalue weighted by Gasteiger charge is 2.44. The van der Waals surface area contributed by atoms with Crippen molar-refractivity contribution in [2.75, 3.05) is 70.5 Å². The number of hydrogen-bond acceptors (Lipinski definition) is 17. The number of carbonyl (C=O) groups is 3. The van der Waals surface area contributed by atoms with E-state index in [9.17, 15) is 29.9 Å². The van der Waals surface area contributed by atoms with E-state index in [1.165, 1.54) is 17.0 Å². The van der Waals surface area contributed by atoms with Gasteiger partial charge in [-0.1, -0.05) is 80.6 Å². The van der Waals surface area contributed by atoms with Crippen LogP contribution in [0.1, 0.15) is 75.4 Å². The van der Waals surface area contributed by atoms with Crippen LogP contribution in [0.2, 0.25) is 5.02 Å². The van der Waals surface area contributed by atoms with Crippen molar-refractivity contribution in [2.45, 2.75) is 89.6 Å². The molecule has 434 valence electrons. The fourth-order valence-electron chi connectivity index (χ4n) is 11.5. The van der Waals surface area contributed by atoms with Gasteiger partial charge in [0, 0.05) is 69.3 Å². The first kappa shape index (κ1) is 58.5. The van der Waals surface area contributed by atoms with Crippen molar-refractivity contribution in [3.63, 3.8) is 0 Å². The zero-order valence-corrected chi connectivity index (χ0v) is 48.2. The monoisotopic (exact) mass is 1170 g/mol. The van der Waals surface area contributed by atoms with E-state index >= 15 is 4.39 Å². The normalized spacial score (nSPS) is 18.6. The van der Waals surface area contributed by atoms with Crippen LogP contribution < -0.4 is 19.7 Å². The van der Waals surface area contributed by atoms with Crippen molar-refractivity contribution >= 4 is 68.2 Å². The molecule has 3 aromatic heterocycles. The van der Waals surface area contributed by atoms with Crippen LogP contribution in [0.4, 0.5) is 10.2 Å². The Balaban J connectivity index is 0.726. The molecule has 0 aliphatic carbocycles. The van der Waals surface area contributed by atoms with Gasteiger partial charge in [-0.15, -0.1) is 11.3 Å². The summed E-state index contributed by atoms with van der Waals surface area (Å²) in [7, 11) is 0. The average molecular weight is 1170 g/mol. The van der Waals surface area contributed by atoms with Crippen molar-refractivity contribution in [1.29, 1.82) is 5.26 Å². The first-order chi connectivity index (χ1) is 40.1. The zero-order valence-electron chi connectivity index (χ0n) is 46.7. The number of aromatic nitrogens is 4. The number of amides is 3. The lowest BCUT2D eigenvalue weighted by Crippen LogP contribution is -2.55. The largest absolute Gasteiger partial charge is 0.508 e. The maximum absolute atomic E-state index is 17.2. The number of piperidine rings is 1. The Morgan fingerprint density at radius 3 is 2.49 bits per heavy atom. The van der Waals surface area contributed by atoms with E-state index in [1.807, 2.05) is 86.6 Å². The number of β-amino-alcohol motifs (C(OH)–C–C–N with tert-alkyl or cyclic N) is 1. The number of likely N-dealkylation sites (tertiary alicyclic amines) is 2. The number of piperazine rings is 1. The minimum absolute atomic E-state index is 0.00994. The maximum atomic E-state index is 17.2. The zero-order chi connectivity index (χ0) is 58.5. The number of fused-ring (bicyclic) bond motifs is 2. The molecule has 0 radical (unpaired) electrons. The smallest absolute Gasteiger partial charge is 0.319 e. The van der Waals surface area contributed by atoms with Gasteiger partial charge < -0.3 is 49.0 Å². The maximum Gasteiger partial charge on any atom is 0.319 e. The van der Waals surface area contributed by atoms with Gasteiger partial charge in [0.1, 0.15) is 42.3 Å². The number of anilines is 1. The highest BCUT2D eigenvalue weighted by Crippen LogP contribution is 2.43. The SMILES string of the molecule is C=CC(=O)N1CCN(c2nc(OCCN3CCC(OCCOc4cc([C@H](C(=O)N5CC(O)CC5C(=O)N[C@@H](C)c5ccc(-c6scnc6C)cc5)C(C)C)on4)CC3)nc3c(F)c(-c4cc(O)cc5ccccc45)c(Cl)cc23)C[C@@H]1CC#N. The van der Waals surface area contributed by atoms with Gasteiger partial charge in [0.15, 0.2) is 11.6 Å². The number of aromatic hydroxyl groups is 1. The number of aryl methyl sites for hydroxylation is 1. The molecular formula is C61H66ClFN10O9S. The number of nitrogens with zero attached hydrogens (tertiary/aromatic N) is 9. The van der Waals surface area contributed by atoms with E-state index in [4.69, 9.17) is 35.3 Å². The Bertz CT molecular complexity index is 3550. The second kappa shape index (κ2) is 25.8. The molecule has 22 heteroatoms. The van der Waals surface area contributed by atoms with Gasteiger partial charge in [-0.25, -0.2) is 9.37 Å². The van der Waals surface area contributed by atoms with E-state index in [0.717, 1.165) is 47.6 Å². The molecule has 3 amide bonds. The summed E-state index contributed by atoms with van der Waals surface area (Å²) in [6.07, 6.45) is 1.99. The third kappa shape index (κ3) is 12.9. The molecule has 6 heterocycles. The second-order valence-corrected chi connectivity index (χ2v) is 22.9. The Hall–Kier alpha value is -7.74. The number of carbonyl (C=O) groups excluding carboxylic acids is 3. The molecule has 3 aliphatic heterocycles. The third-order valence-electron chi connectivity index (χ3n) is 15.8. The summed E-state index contributed by atoms with van der Waals surface area (Å²) in [5, 5.41) is 40.1. The molecule has 19 nitrogen and oxygen atoms in total. The van der Waals surface area contributed by atoms with Crippen LogP contribution in [0.25, 0.3) is 43.2 Å². The molecule has 3 aliphatic rings. The molecule has 0 spiro atoms. The number of rotatable bonds is 20. The number of halogens is 2. The Morgan fingerprint density at radius 1 is 0.976 bits per heavy atom. The number of phenols is 1. The molecule has 83 heavy (non-hydrogen) atoms. The van der Waals surface area contributed by atoms with Crippen molar-refractivity contribution < 1.29 is 47.7 Å². The molecule has 7 aromatic rings. The summed E-state index contributed by atoms with van der Waals surface area (Å²) in [6, 6.07) is 22.0. The van der Waals surface area contributed by atoms with E-state index < -0.39 is 29.9 Å². The third-order valence-corrected chi connectivity index (χ3v) is 17.0. The van der Waals surface area contributed by atoms with Crippen molar-refractivity contribution in [3.8, 4) is 45.3 Å². The minimum atomic E-state index is -0.874. The number of benzene rings is 4. The lowest BCUT2D eigenvalue weighted by molar-refractivity contribution is -0.141. The number of nitriles is 1. The molecule has 3 fully saturated rings. The van der Waals surface area contributed by atoms with Crippen LogP contribution in [0, 0.1) is 30.0 Å². The molecule has 10 rings (SSSR count). The lowest BCUT2D eigenvalue weighted by atomic mass is 9.91. The quantitative estimate of drug-likeness (QED) is 0.0477. The first-order valence-corrected chi connectivity index (χ1v) is 29.2. The summed E-state index contributed by atoms with van der Waals surface area (Å²) in [5.74, 6) is -1.95. The van der Waals surface area contributed by atoms with Crippen molar-refractivity contribution in [3.05, 3.63) is 119 Å². The second-order valence-electron chi connectivity index (χ2n) is 21.6. The fraction of sp³-hybridized carbons (Fsp3) is 0.410. The lowest BCUT2D eigenvalue weighted by Gasteiger charge is -2.41. The van der Waals surface area contributed by atoms with Crippen molar-refractivity contribution in [2.24, 2.45) is 5.92 Å². The average Bonchev–Trinajstić information content (AvgIpc) is 4.00. The molecule has 0 saturated carbocycles. The van der Waals surface area contributed by atoms with Gasteiger partial charge >= 0.3 is 6.01 Å². The predicted octanol–water partition coefficient (Wildman–Crippen LogP) is 9.00. The van der Waals surface area contributed by atoms with Crippen molar-refractivity contribution in [1.82, 2.24) is 40.1 Å². The molecule has 3 saturated heterocycles. The van der Waals surface area contributed by atoms with Gasteiger partial charge in [0.25, 0.3) is 5.88 Å². The topological polar surface area (TPSA) is 233 Å². The van der Waals surface area contributed by atoms with Crippen LogP contribution >= 0.6 is 22.9 Å². The Labute approximate surface area is 489 Å². The molecule has 4 aromatic carbocycles. The van der Waals surface area contributed by atoms with Crippen LogP contribution in [0.5, 0.6) is 17.6 Å². The molecular weight excluding hydrogens is 1100 g/mol. The van der Waals surface area contributed by atoms with Crippen LogP contribution in [0.3, 0.4) is 0 Å². The molecule has 2 unspecified atom stereocenters. The number of phenolic OH excluding ortho intramolecular Hbond substituents is 1. The number of nitrogens with one attached hydrogen (secondary N) is 1. The number of ether oxygens (including phenoxy) is 3. The van der Waals surface area contributed by atoms with E-state index in [2.05, 4.69) is 38.0 Å². The fourth-order valence-corrected chi connectivity index (χ4v) is 12.6. The summed E-state index contributed by atoms with van der Waals surface area (Å²) in [5.41, 5.74) is 5.13. The molecule has 3 N–H and O–H groups in total. The first-order valence-electron chi connectivity index (χ1n) is 27.9. The number of aliphatic hydroxyl groups excluding tert-OH is 1. The van der Waals surface area contributed by atoms with Crippen LogP contribution in [-0.4, -0.2) is 153 Å². The predicted molar refractivity (Wildman–Crippen MR) is 313 cm³/mol. The standard InChI is InChI=1S/C61H66ClFN10O9S/c1-6-52(76)72-22-21-71(32-41(72)15-18-64)58-47-30-48(62)54(46-28-42(74)27-40-9-7-8-10-45(40)46)55(63)56(47)67-61(68-58)81-24-23-70-19-16-44(17-20-70)79-25-26-80-51-31-50(82-69-51)53(35(2)3)60(78)73-33-43(75)29-49(73)59(77)66-36(4)38-11-13-39(14-12-38)57-37(5)65-34-83-57/h6-14,27-28,30-31,34-36,41,43-44,49,53,74-75H,1,15-17,19-26,29,32-33H2,2-5H3,(H,66,77)/t36-,41-,43?,49?,53+/m0/s1. The summed E-state index contributed by atoms with van der Waals surface area (Å²) in [6.45, 7) is 14.7. The summed E-state index contributed by atoms with van der Waals surface area (Å²) in [4.78, 5) is 62.9. The van der Waals surface area contributed by atoms with Crippen LogP contribution in [-0.2, 0) is 19.1 Å². The number of hydrogen-bond donors (Lipinski definition) is 3. The molecule has 0 bridgehead atoms. The van der Waals surface area contributed by atoms with E-state index in [-0.39, 0.29) is 122 Å². The number of aliphatic hydroxyl groups is 1. The van der Waals surface area contributed by atoms with E-state index in [1.54, 1.807) is 34.4 Å². The van der Waals surface area contributed by atoms with Gasteiger partial charge in [-0.2, -0.15) is 15.2 Å². The minimum Gasteiger partial charge on any atom is -0.508 e. The summed E-state index contributed by atoms with van der Waals surface area (Å²) < 4.78 is 41.3.